The van der Waals surface area contributed by atoms with Crippen LogP contribution in [0.2, 0.25) is 0 Å². The Morgan fingerprint density at radius 3 is 2.36 bits per heavy atom. The van der Waals surface area contributed by atoms with Crippen LogP contribution in [0, 0.1) is 13.8 Å². The Morgan fingerprint density at radius 2 is 1.72 bits per heavy atom. The van der Waals surface area contributed by atoms with Crippen LogP contribution < -0.4 is 15.4 Å². The Hall–Kier alpha value is -2.82. The van der Waals surface area contributed by atoms with Gasteiger partial charge in [-0.15, -0.1) is 0 Å². The third kappa shape index (κ3) is 5.95. The van der Waals surface area contributed by atoms with E-state index in [9.17, 15) is 9.59 Å². The van der Waals surface area contributed by atoms with E-state index < -0.39 is 0 Å². The molecule has 2 amide bonds. The van der Waals surface area contributed by atoms with Crippen molar-refractivity contribution >= 4 is 17.5 Å². The second-order valence-corrected chi connectivity index (χ2v) is 5.96. The number of benzene rings is 2. The lowest BCUT2D eigenvalue weighted by atomic mass is 10.1. The lowest BCUT2D eigenvalue weighted by molar-refractivity contribution is -0.120. The molecular formula is C20H24N2O3. The summed E-state index contributed by atoms with van der Waals surface area (Å²) in [6, 6.07) is 13.2. The Bertz CT molecular complexity index is 739. The van der Waals surface area contributed by atoms with Gasteiger partial charge in [0.15, 0.2) is 0 Å². The smallest absolute Gasteiger partial charge is 0.227 e. The van der Waals surface area contributed by atoms with Gasteiger partial charge >= 0.3 is 0 Å². The van der Waals surface area contributed by atoms with Crippen LogP contribution in [0.15, 0.2) is 42.5 Å². The minimum atomic E-state index is -0.108. The molecule has 0 unspecified atom stereocenters. The molecule has 2 aromatic rings. The molecule has 0 fully saturated rings. The molecule has 0 atom stereocenters. The number of anilines is 1. The van der Waals surface area contributed by atoms with Crippen molar-refractivity contribution in [2.24, 2.45) is 0 Å². The Morgan fingerprint density at radius 1 is 1.00 bits per heavy atom. The predicted octanol–water partition coefficient (Wildman–Crippen LogP) is 3.00. The second kappa shape index (κ2) is 8.87. The van der Waals surface area contributed by atoms with E-state index in [1.54, 1.807) is 19.2 Å². The normalized spacial score (nSPS) is 10.2. The fourth-order valence-electron chi connectivity index (χ4n) is 2.42. The van der Waals surface area contributed by atoms with E-state index in [4.69, 9.17) is 4.74 Å². The highest BCUT2D eigenvalue weighted by atomic mass is 16.5. The molecule has 2 aromatic carbocycles. The van der Waals surface area contributed by atoms with Crippen LogP contribution in [0.3, 0.4) is 0 Å². The van der Waals surface area contributed by atoms with Gasteiger partial charge in [0.05, 0.1) is 19.4 Å². The van der Waals surface area contributed by atoms with Gasteiger partial charge in [0.2, 0.25) is 11.8 Å². The van der Waals surface area contributed by atoms with Gasteiger partial charge in [0.1, 0.15) is 5.75 Å². The van der Waals surface area contributed by atoms with Crippen molar-refractivity contribution in [2.75, 3.05) is 19.0 Å². The molecule has 0 aliphatic carbocycles. The Labute approximate surface area is 148 Å². The van der Waals surface area contributed by atoms with Gasteiger partial charge in [-0.3, -0.25) is 9.59 Å². The van der Waals surface area contributed by atoms with Crippen LogP contribution in [-0.2, 0) is 16.0 Å². The SMILES string of the molecule is CNC(=O)Cc1ccc(NC(=O)CCOc2ccc(C)cc2C)cc1. The Kier molecular flexibility index (Phi) is 6.57. The largest absolute Gasteiger partial charge is 0.493 e. The number of aryl methyl sites for hydroxylation is 2. The molecule has 0 saturated heterocycles. The summed E-state index contributed by atoms with van der Waals surface area (Å²) in [6.07, 6.45) is 0.599. The second-order valence-electron chi connectivity index (χ2n) is 5.96. The summed E-state index contributed by atoms with van der Waals surface area (Å²) in [4.78, 5) is 23.3. The topological polar surface area (TPSA) is 67.4 Å². The van der Waals surface area contributed by atoms with Crippen molar-refractivity contribution in [3.05, 3.63) is 59.2 Å². The van der Waals surface area contributed by atoms with Crippen LogP contribution in [0.25, 0.3) is 0 Å². The van der Waals surface area contributed by atoms with E-state index in [1.807, 2.05) is 38.1 Å². The lowest BCUT2D eigenvalue weighted by Crippen LogP contribution is -2.20. The summed E-state index contributed by atoms with van der Waals surface area (Å²) in [7, 11) is 1.61. The summed E-state index contributed by atoms with van der Waals surface area (Å²) < 4.78 is 5.67. The minimum absolute atomic E-state index is 0.0414. The molecule has 5 nitrogen and oxygen atoms in total. The van der Waals surface area contributed by atoms with Crippen molar-refractivity contribution in [3.8, 4) is 5.75 Å². The molecule has 132 valence electrons. The number of amides is 2. The first-order valence-corrected chi connectivity index (χ1v) is 8.27. The van der Waals surface area contributed by atoms with E-state index in [-0.39, 0.29) is 18.2 Å². The van der Waals surface area contributed by atoms with Gasteiger partial charge in [-0.2, -0.15) is 0 Å². The van der Waals surface area contributed by atoms with E-state index in [0.717, 1.165) is 16.9 Å². The maximum Gasteiger partial charge on any atom is 0.227 e. The number of hydrogen-bond donors (Lipinski definition) is 2. The average Bonchev–Trinajstić information content (AvgIpc) is 2.58. The summed E-state index contributed by atoms with van der Waals surface area (Å²) >= 11 is 0. The third-order valence-corrected chi connectivity index (χ3v) is 3.80. The quantitative estimate of drug-likeness (QED) is 0.814. The molecule has 0 aliphatic heterocycles. The van der Waals surface area contributed by atoms with Crippen molar-refractivity contribution in [1.29, 1.82) is 0 Å². The lowest BCUT2D eigenvalue weighted by Gasteiger charge is -2.10. The molecule has 2 rings (SSSR count). The molecule has 0 aliphatic rings. The molecule has 5 heteroatoms. The van der Waals surface area contributed by atoms with Gasteiger partial charge in [-0.25, -0.2) is 0 Å². The van der Waals surface area contributed by atoms with Crippen LogP contribution in [-0.4, -0.2) is 25.5 Å². The van der Waals surface area contributed by atoms with Crippen molar-refractivity contribution < 1.29 is 14.3 Å². The number of carbonyl (C=O) groups is 2. The number of carbonyl (C=O) groups excluding carboxylic acids is 2. The molecular weight excluding hydrogens is 316 g/mol. The fraction of sp³-hybridized carbons (Fsp3) is 0.300. The zero-order valence-electron chi connectivity index (χ0n) is 14.9. The average molecular weight is 340 g/mol. The van der Waals surface area contributed by atoms with E-state index in [2.05, 4.69) is 16.7 Å². The third-order valence-electron chi connectivity index (χ3n) is 3.80. The summed E-state index contributed by atoms with van der Waals surface area (Å²) in [6.45, 7) is 4.34. The molecule has 0 bridgehead atoms. The van der Waals surface area contributed by atoms with Crippen LogP contribution in [0.1, 0.15) is 23.1 Å². The molecule has 0 spiro atoms. The van der Waals surface area contributed by atoms with Crippen LogP contribution >= 0.6 is 0 Å². The van der Waals surface area contributed by atoms with Crippen molar-refractivity contribution in [3.63, 3.8) is 0 Å². The first-order valence-electron chi connectivity index (χ1n) is 8.27. The van der Waals surface area contributed by atoms with Gasteiger partial charge in [-0.05, 0) is 43.2 Å². The molecule has 0 heterocycles. The molecule has 0 aromatic heterocycles. The fourth-order valence-corrected chi connectivity index (χ4v) is 2.42. The number of rotatable bonds is 7. The molecule has 0 saturated carbocycles. The first kappa shape index (κ1) is 18.5. The zero-order valence-corrected chi connectivity index (χ0v) is 14.9. The highest BCUT2D eigenvalue weighted by Crippen LogP contribution is 2.19. The number of likely N-dealkylation sites (N-methyl/N-ethyl adjacent to an activating group) is 1. The number of nitrogens with one attached hydrogen (secondary N) is 2. The maximum atomic E-state index is 12.0. The number of hydrogen-bond acceptors (Lipinski definition) is 3. The van der Waals surface area contributed by atoms with Gasteiger partial charge < -0.3 is 15.4 Å². The van der Waals surface area contributed by atoms with Crippen molar-refractivity contribution in [1.82, 2.24) is 5.32 Å². The molecule has 0 radical (unpaired) electrons. The van der Waals surface area contributed by atoms with Gasteiger partial charge in [0, 0.05) is 12.7 Å². The molecule has 25 heavy (non-hydrogen) atoms. The Balaban J connectivity index is 1.79. The van der Waals surface area contributed by atoms with Gasteiger partial charge in [0.25, 0.3) is 0 Å². The summed E-state index contributed by atoms with van der Waals surface area (Å²) in [5.74, 6) is 0.654. The van der Waals surface area contributed by atoms with E-state index >= 15 is 0 Å². The van der Waals surface area contributed by atoms with Crippen LogP contribution in [0.4, 0.5) is 5.69 Å². The standard InChI is InChI=1S/C20H24N2O3/c1-14-4-9-18(15(2)12-14)25-11-10-19(23)22-17-7-5-16(6-8-17)13-20(24)21-3/h4-9,12H,10-11,13H2,1-3H3,(H,21,24)(H,22,23). The highest BCUT2D eigenvalue weighted by Gasteiger charge is 2.06. The van der Waals surface area contributed by atoms with E-state index in [0.29, 0.717) is 18.7 Å². The first-order chi connectivity index (χ1) is 12.0. The highest BCUT2D eigenvalue weighted by molar-refractivity contribution is 5.90. The van der Waals surface area contributed by atoms with E-state index in [1.165, 1.54) is 5.56 Å². The van der Waals surface area contributed by atoms with Crippen molar-refractivity contribution in [2.45, 2.75) is 26.7 Å². The van der Waals surface area contributed by atoms with Crippen LogP contribution in [0.5, 0.6) is 5.75 Å². The zero-order chi connectivity index (χ0) is 18.2. The monoisotopic (exact) mass is 340 g/mol. The van der Waals surface area contributed by atoms with Gasteiger partial charge in [-0.1, -0.05) is 29.8 Å². The predicted molar refractivity (Wildman–Crippen MR) is 98.9 cm³/mol. The maximum absolute atomic E-state index is 12.0. The minimum Gasteiger partial charge on any atom is -0.493 e. The summed E-state index contributed by atoms with van der Waals surface area (Å²) in [5.41, 5.74) is 3.85. The molecule has 2 N–H and O–H groups in total. The number of ether oxygens (including phenoxy) is 1. The summed E-state index contributed by atoms with van der Waals surface area (Å²) in [5, 5.41) is 5.41.